The zero-order chi connectivity index (χ0) is 10.8. The summed E-state index contributed by atoms with van der Waals surface area (Å²) < 4.78 is 10.1. The van der Waals surface area contributed by atoms with Crippen molar-refractivity contribution in [3.05, 3.63) is 0 Å². The van der Waals surface area contributed by atoms with Crippen molar-refractivity contribution >= 4 is 11.9 Å². The highest BCUT2D eigenvalue weighted by molar-refractivity contribution is 5.85. The van der Waals surface area contributed by atoms with Gasteiger partial charge in [-0.1, -0.05) is 0 Å². The van der Waals surface area contributed by atoms with Crippen LogP contribution in [-0.2, 0) is 19.1 Å². The van der Waals surface area contributed by atoms with Gasteiger partial charge in [-0.15, -0.1) is 0 Å². The Morgan fingerprint density at radius 2 is 2.21 bits per heavy atom. The molecule has 1 aliphatic rings. The van der Waals surface area contributed by atoms with E-state index in [-0.39, 0.29) is 12.3 Å². The van der Waals surface area contributed by atoms with Gasteiger partial charge in [0.05, 0.1) is 6.42 Å². The maximum absolute atomic E-state index is 11.2. The second-order valence-electron chi connectivity index (χ2n) is 3.59. The van der Waals surface area contributed by atoms with E-state index < -0.39 is 17.9 Å². The summed E-state index contributed by atoms with van der Waals surface area (Å²) in [4.78, 5) is 22.4. The zero-order valence-electron chi connectivity index (χ0n) is 8.62. The lowest BCUT2D eigenvalue weighted by Crippen LogP contribution is -2.30. The van der Waals surface area contributed by atoms with Gasteiger partial charge in [-0.3, -0.25) is 4.79 Å². The highest BCUT2D eigenvalue weighted by Gasteiger charge is 2.41. The summed E-state index contributed by atoms with van der Waals surface area (Å²) in [5.74, 6) is -1.58. The maximum atomic E-state index is 11.2. The van der Waals surface area contributed by atoms with Crippen molar-refractivity contribution in [1.82, 2.24) is 5.32 Å². The average Bonchev–Trinajstić information content (AvgIpc) is 2.25. The molecule has 0 saturated carbocycles. The molecule has 1 saturated heterocycles. The van der Waals surface area contributed by atoms with Crippen LogP contribution in [0, 0.1) is 0 Å². The third-order valence-electron chi connectivity index (χ3n) is 1.78. The smallest absolute Gasteiger partial charge is 0.338 e. The molecule has 5 heteroatoms. The molecule has 0 aromatic carbocycles. The molecule has 0 bridgehead atoms. The van der Waals surface area contributed by atoms with E-state index in [2.05, 4.69) is 5.32 Å². The second kappa shape index (κ2) is 3.96. The number of esters is 1. The number of nitrogens with one attached hydrogen (secondary N) is 1. The van der Waals surface area contributed by atoms with Gasteiger partial charge in [0.2, 0.25) is 11.7 Å². The molecule has 1 atom stereocenters. The van der Waals surface area contributed by atoms with Gasteiger partial charge in [-0.05, 0) is 6.92 Å². The molecule has 0 radical (unpaired) electrons. The molecule has 5 nitrogen and oxygen atoms in total. The van der Waals surface area contributed by atoms with Crippen molar-refractivity contribution in [2.45, 2.75) is 39.1 Å². The normalized spacial score (nSPS) is 24.5. The van der Waals surface area contributed by atoms with Crippen LogP contribution in [0.1, 0.15) is 27.2 Å². The van der Waals surface area contributed by atoms with Crippen molar-refractivity contribution < 1.29 is 19.1 Å². The van der Waals surface area contributed by atoms with Crippen LogP contribution in [-0.4, -0.2) is 30.3 Å². The first-order valence-corrected chi connectivity index (χ1v) is 4.62. The van der Waals surface area contributed by atoms with E-state index in [0.717, 1.165) is 0 Å². The first-order chi connectivity index (χ1) is 6.44. The van der Waals surface area contributed by atoms with Crippen molar-refractivity contribution in [1.29, 1.82) is 0 Å². The first kappa shape index (κ1) is 11.0. The monoisotopic (exact) mass is 201 g/mol. The molecule has 0 aromatic heterocycles. The number of cyclic esters (lactones) is 1. The number of rotatable bonds is 3. The van der Waals surface area contributed by atoms with E-state index in [4.69, 9.17) is 9.47 Å². The van der Waals surface area contributed by atoms with Crippen LogP contribution < -0.4 is 5.32 Å². The predicted octanol–water partition coefficient (Wildman–Crippen LogP) is 0.191. The van der Waals surface area contributed by atoms with Crippen molar-refractivity contribution in [3.8, 4) is 0 Å². The summed E-state index contributed by atoms with van der Waals surface area (Å²) in [6.45, 7) is 5.64. The summed E-state index contributed by atoms with van der Waals surface area (Å²) >= 11 is 0. The third-order valence-corrected chi connectivity index (χ3v) is 1.78. The van der Waals surface area contributed by atoms with E-state index in [1.807, 2.05) is 6.92 Å². The molecule has 1 rings (SSSR count). The van der Waals surface area contributed by atoms with E-state index in [1.165, 1.54) is 0 Å². The van der Waals surface area contributed by atoms with E-state index in [1.54, 1.807) is 13.8 Å². The Kier molecular flexibility index (Phi) is 3.10. The van der Waals surface area contributed by atoms with Gasteiger partial charge in [0.1, 0.15) is 0 Å². The van der Waals surface area contributed by atoms with Gasteiger partial charge in [-0.2, -0.15) is 0 Å². The molecular weight excluding hydrogens is 186 g/mol. The number of hydrogen-bond acceptors (Lipinski definition) is 4. The Bertz CT molecular complexity index is 249. The number of carbonyl (C=O) groups is 2. The van der Waals surface area contributed by atoms with Crippen LogP contribution in [0.15, 0.2) is 0 Å². The fourth-order valence-electron chi connectivity index (χ4n) is 1.29. The highest BCUT2D eigenvalue weighted by Crippen LogP contribution is 2.25. The van der Waals surface area contributed by atoms with Crippen molar-refractivity contribution in [3.63, 3.8) is 0 Å². The molecule has 0 aliphatic carbocycles. The van der Waals surface area contributed by atoms with Gasteiger partial charge >= 0.3 is 5.97 Å². The minimum absolute atomic E-state index is 0.0239. The number of hydrogen-bond donors (Lipinski definition) is 1. The van der Waals surface area contributed by atoms with E-state index in [9.17, 15) is 9.59 Å². The van der Waals surface area contributed by atoms with Crippen molar-refractivity contribution in [2.24, 2.45) is 0 Å². The minimum Gasteiger partial charge on any atom is -0.432 e. The molecule has 1 heterocycles. The van der Waals surface area contributed by atoms with E-state index >= 15 is 0 Å². The SMILES string of the molecule is CCNC(=O)C[C@H]1OC(C)(C)OC1=O. The topological polar surface area (TPSA) is 64.6 Å². The van der Waals surface area contributed by atoms with Gasteiger partial charge in [0.25, 0.3) is 0 Å². The lowest BCUT2D eigenvalue weighted by Gasteiger charge is -2.14. The Hall–Kier alpha value is -1.10. The first-order valence-electron chi connectivity index (χ1n) is 4.62. The highest BCUT2D eigenvalue weighted by atomic mass is 16.8. The van der Waals surface area contributed by atoms with Crippen LogP contribution in [0.2, 0.25) is 0 Å². The fraction of sp³-hybridized carbons (Fsp3) is 0.778. The van der Waals surface area contributed by atoms with E-state index in [0.29, 0.717) is 6.54 Å². The number of amides is 1. The largest absolute Gasteiger partial charge is 0.432 e. The van der Waals surface area contributed by atoms with Gasteiger partial charge in [0, 0.05) is 20.4 Å². The molecule has 1 amide bonds. The van der Waals surface area contributed by atoms with Gasteiger partial charge in [0.15, 0.2) is 6.10 Å². The molecule has 80 valence electrons. The summed E-state index contributed by atoms with van der Waals surface area (Å²) in [6, 6.07) is 0. The van der Waals surface area contributed by atoms with Crippen LogP contribution >= 0.6 is 0 Å². The lowest BCUT2D eigenvalue weighted by atomic mass is 10.2. The Morgan fingerprint density at radius 3 is 2.64 bits per heavy atom. The number of ether oxygens (including phenoxy) is 2. The predicted molar refractivity (Wildman–Crippen MR) is 48.3 cm³/mol. The average molecular weight is 201 g/mol. The standard InChI is InChI=1S/C9H15NO4/c1-4-10-7(11)5-6-8(12)14-9(2,3)13-6/h6H,4-5H2,1-3H3,(H,10,11)/t6-/m1/s1. The Morgan fingerprint density at radius 1 is 1.57 bits per heavy atom. The molecule has 0 spiro atoms. The van der Waals surface area contributed by atoms with Gasteiger partial charge < -0.3 is 14.8 Å². The minimum atomic E-state index is -0.908. The van der Waals surface area contributed by atoms with Crippen LogP contribution in [0.5, 0.6) is 0 Å². The number of carbonyl (C=O) groups excluding carboxylic acids is 2. The quantitative estimate of drug-likeness (QED) is 0.662. The Labute approximate surface area is 82.8 Å². The van der Waals surface area contributed by atoms with Crippen LogP contribution in [0.25, 0.3) is 0 Å². The molecule has 0 unspecified atom stereocenters. The molecule has 14 heavy (non-hydrogen) atoms. The lowest BCUT2D eigenvalue weighted by molar-refractivity contribution is -0.160. The zero-order valence-corrected chi connectivity index (χ0v) is 8.62. The fourth-order valence-corrected chi connectivity index (χ4v) is 1.29. The summed E-state index contributed by atoms with van der Waals surface area (Å²) in [6.07, 6.45) is -0.743. The van der Waals surface area contributed by atoms with Crippen molar-refractivity contribution in [2.75, 3.05) is 6.54 Å². The summed E-state index contributed by atoms with van der Waals surface area (Å²) in [5, 5.41) is 2.59. The summed E-state index contributed by atoms with van der Waals surface area (Å²) in [7, 11) is 0. The van der Waals surface area contributed by atoms with Crippen LogP contribution in [0.3, 0.4) is 0 Å². The molecule has 1 N–H and O–H groups in total. The summed E-state index contributed by atoms with van der Waals surface area (Å²) in [5.41, 5.74) is 0. The van der Waals surface area contributed by atoms with Crippen LogP contribution in [0.4, 0.5) is 0 Å². The molecule has 1 fully saturated rings. The third kappa shape index (κ3) is 2.70. The molecule has 0 aromatic rings. The second-order valence-corrected chi connectivity index (χ2v) is 3.59. The Balaban J connectivity index is 2.47. The van der Waals surface area contributed by atoms with Gasteiger partial charge in [-0.25, -0.2) is 4.79 Å². The molecule has 1 aliphatic heterocycles. The molecular formula is C9H15NO4. The maximum Gasteiger partial charge on any atom is 0.338 e.